The summed E-state index contributed by atoms with van der Waals surface area (Å²) in [6.07, 6.45) is 2.52. The van der Waals surface area contributed by atoms with Crippen molar-refractivity contribution in [3.05, 3.63) is 35.5 Å². The molecule has 0 spiro atoms. The van der Waals surface area contributed by atoms with Crippen molar-refractivity contribution < 1.29 is 9.59 Å². The number of aromatic amines is 1. The number of aromatic nitrogens is 1. The minimum Gasteiger partial charge on any atom is -0.358 e. The van der Waals surface area contributed by atoms with E-state index in [-0.39, 0.29) is 11.7 Å². The summed E-state index contributed by atoms with van der Waals surface area (Å²) in [7, 11) is 0. The zero-order valence-electron chi connectivity index (χ0n) is 11.0. The van der Waals surface area contributed by atoms with Crippen molar-refractivity contribution in [2.24, 2.45) is 5.92 Å². The number of benzene rings is 1. The molecule has 0 aliphatic heterocycles. The van der Waals surface area contributed by atoms with Crippen molar-refractivity contribution in [2.75, 3.05) is 0 Å². The van der Waals surface area contributed by atoms with E-state index in [4.69, 9.17) is 0 Å². The molecule has 1 saturated carbocycles. The maximum Gasteiger partial charge on any atom is 0.168 e. The summed E-state index contributed by atoms with van der Waals surface area (Å²) >= 11 is 0. The van der Waals surface area contributed by atoms with Crippen LogP contribution in [0.2, 0.25) is 0 Å². The van der Waals surface area contributed by atoms with Gasteiger partial charge in [0.05, 0.1) is 0 Å². The van der Waals surface area contributed by atoms with Crippen LogP contribution in [0.5, 0.6) is 0 Å². The van der Waals surface area contributed by atoms with E-state index in [2.05, 4.69) is 4.98 Å². The Hall–Kier alpha value is -1.90. The molecule has 3 rings (SSSR count). The van der Waals surface area contributed by atoms with Crippen molar-refractivity contribution in [1.29, 1.82) is 0 Å². The molecule has 1 aromatic carbocycles. The molecule has 1 aromatic heterocycles. The third-order valence-corrected chi connectivity index (χ3v) is 4.05. The fourth-order valence-corrected chi connectivity index (χ4v) is 3.00. The first kappa shape index (κ1) is 12.2. The highest BCUT2D eigenvalue weighted by atomic mass is 16.1. The van der Waals surface area contributed by atoms with Gasteiger partial charge in [-0.3, -0.25) is 9.59 Å². The lowest BCUT2D eigenvalue weighted by molar-refractivity contribution is -0.120. The van der Waals surface area contributed by atoms with Gasteiger partial charge < -0.3 is 4.98 Å². The molecule has 1 heterocycles. The van der Waals surface area contributed by atoms with Crippen LogP contribution in [0, 0.1) is 12.8 Å². The minimum atomic E-state index is 0.00982. The van der Waals surface area contributed by atoms with Crippen LogP contribution < -0.4 is 0 Å². The van der Waals surface area contributed by atoms with E-state index in [1.807, 2.05) is 31.2 Å². The van der Waals surface area contributed by atoms with E-state index in [9.17, 15) is 9.59 Å². The Bertz CT molecular complexity index is 644. The summed E-state index contributed by atoms with van der Waals surface area (Å²) in [5, 5.41) is 1.00. The average molecular weight is 255 g/mol. The Morgan fingerprint density at radius 1 is 1.21 bits per heavy atom. The highest BCUT2D eigenvalue weighted by molar-refractivity contribution is 6.10. The summed E-state index contributed by atoms with van der Waals surface area (Å²) in [6.45, 7) is 1.95. The standard InChI is InChI=1S/C16H17NO2/c1-10-15(13-4-2-3-5-14(13)17-10)16(19)11-6-8-12(18)9-7-11/h2-5,11,17H,6-9H2,1H3. The molecule has 98 valence electrons. The second-order valence-electron chi connectivity index (χ2n) is 5.35. The van der Waals surface area contributed by atoms with Crippen LogP contribution in [0.3, 0.4) is 0 Å². The number of fused-ring (bicyclic) bond motifs is 1. The largest absolute Gasteiger partial charge is 0.358 e. The second kappa shape index (κ2) is 4.65. The SMILES string of the molecule is Cc1[nH]c2ccccc2c1C(=O)C1CCC(=O)CC1. The number of H-pyrrole nitrogens is 1. The quantitative estimate of drug-likeness (QED) is 0.836. The number of ketones is 2. The molecular formula is C16H17NO2. The van der Waals surface area contributed by atoms with E-state index in [0.717, 1.165) is 22.2 Å². The Morgan fingerprint density at radius 2 is 1.89 bits per heavy atom. The third kappa shape index (κ3) is 2.09. The van der Waals surface area contributed by atoms with Gasteiger partial charge in [0.1, 0.15) is 5.78 Å². The fourth-order valence-electron chi connectivity index (χ4n) is 3.00. The molecule has 1 aliphatic rings. The van der Waals surface area contributed by atoms with Crippen LogP contribution in [-0.4, -0.2) is 16.6 Å². The summed E-state index contributed by atoms with van der Waals surface area (Å²) in [4.78, 5) is 27.2. The van der Waals surface area contributed by atoms with E-state index in [1.165, 1.54) is 0 Å². The average Bonchev–Trinajstić information content (AvgIpc) is 2.74. The van der Waals surface area contributed by atoms with Crippen LogP contribution in [0.15, 0.2) is 24.3 Å². The summed E-state index contributed by atoms with van der Waals surface area (Å²) in [5.41, 5.74) is 2.76. The highest BCUT2D eigenvalue weighted by Gasteiger charge is 2.28. The number of carbonyl (C=O) groups excluding carboxylic acids is 2. The van der Waals surface area contributed by atoms with Gasteiger partial charge in [0.25, 0.3) is 0 Å². The van der Waals surface area contributed by atoms with E-state index < -0.39 is 0 Å². The molecule has 0 saturated heterocycles. The van der Waals surface area contributed by atoms with Gasteiger partial charge in [0.2, 0.25) is 0 Å². The summed E-state index contributed by atoms with van der Waals surface area (Å²) < 4.78 is 0. The number of aryl methyl sites for hydroxylation is 1. The molecule has 0 radical (unpaired) electrons. The van der Waals surface area contributed by atoms with Gasteiger partial charge in [0.15, 0.2) is 5.78 Å². The first-order valence-electron chi connectivity index (χ1n) is 6.80. The van der Waals surface area contributed by atoms with Crippen LogP contribution >= 0.6 is 0 Å². The molecule has 3 heteroatoms. The zero-order chi connectivity index (χ0) is 13.4. The molecular weight excluding hydrogens is 238 g/mol. The van der Waals surface area contributed by atoms with Crippen LogP contribution in [0.1, 0.15) is 41.7 Å². The van der Waals surface area contributed by atoms with E-state index in [1.54, 1.807) is 0 Å². The van der Waals surface area contributed by atoms with Gasteiger partial charge in [-0.15, -0.1) is 0 Å². The molecule has 0 amide bonds. The third-order valence-electron chi connectivity index (χ3n) is 4.05. The van der Waals surface area contributed by atoms with Crippen molar-refractivity contribution in [2.45, 2.75) is 32.6 Å². The smallest absolute Gasteiger partial charge is 0.168 e. The first-order valence-corrected chi connectivity index (χ1v) is 6.80. The van der Waals surface area contributed by atoms with Crippen molar-refractivity contribution in [1.82, 2.24) is 4.98 Å². The van der Waals surface area contributed by atoms with Crippen molar-refractivity contribution in [3.63, 3.8) is 0 Å². The maximum absolute atomic E-state index is 12.7. The molecule has 1 aliphatic carbocycles. The van der Waals surface area contributed by atoms with Gasteiger partial charge in [-0.05, 0) is 25.8 Å². The summed E-state index contributed by atoms with van der Waals surface area (Å²) in [6, 6.07) is 7.89. The number of carbonyl (C=O) groups is 2. The molecule has 0 bridgehead atoms. The topological polar surface area (TPSA) is 49.9 Å². The van der Waals surface area contributed by atoms with Crippen molar-refractivity contribution >= 4 is 22.5 Å². The number of rotatable bonds is 2. The van der Waals surface area contributed by atoms with Crippen molar-refractivity contribution in [3.8, 4) is 0 Å². The molecule has 2 aromatic rings. The van der Waals surface area contributed by atoms with Crippen LogP contribution in [0.4, 0.5) is 0 Å². The van der Waals surface area contributed by atoms with E-state index in [0.29, 0.717) is 31.5 Å². The van der Waals surface area contributed by atoms with Gasteiger partial charge in [0, 0.05) is 40.9 Å². The lowest BCUT2D eigenvalue weighted by Gasteiger charge is -2.19. The highest BCUT2D eigenvalue weighted by Crippen LogP contribution is 2.30. The van der Waals surface area contributed by atoms with Gasteiger partial charge >= 0.3 is 0 Å². The second-order valence-corrected chi connectivity index (χ2v) is 5.35. The van der Waals surface area contributed by atoms with Crippen LogP contribution in [-0.2, 0) is 4.79 Å². The Balaban J connectivity index is 1.97. The Morgan fingerprint density at radius 3 is 2.63 bits per heavy atom. The zero-order valence-corrected chi connectivity index (χ0v) is 11.0. The Kier molecular flexibility index (Phi) is 2.97. The predicted octanol–water partition coefficient (Wildman–Crippen LogP) is 3.42. The molecule has 0 atom stereocenters. The Labute approximate surface area is 112 Å². The monoisotopic (exact) mass is 255 g/mol. The normalized spacial score (nSPS) is 17.0. The van der Waals surface area contributed by atoms with Gasteiger partial charge in [-0.1, -0.05) is 18.2 Å². The summed E-state index contributed by atoms with van der Waals surface area (Å²) in [5.74, 6) is 0.498. The number of hydrogen-bond donors (Lipinski definition) is 1. The molecule has 3 nitrogen and oxygen atoms in total. The molecule has 0 unspecified atom stereocenters. The lowest BCUT2D eigenvalue weighted by Crippen LogP contribution is -2.22. The van der Waals surface area contributed by atoms with E-state index >= 15 is 0 Å². The molecule has 19 heavy (non-hydrogen) atoms. The molecule has 1 fully saturated rings. The predicted molar refractivity (Wildman–Crippen MR) is 74.3 cm³/mol. The van der Waals surface area contributed by atoms with Gasteiger partial charge in [-0.2, -0.15) is 0 Å². The number of hydrogen-bond acceptors (Lipinski definition) is 2. The van der Waals surface area contributed by atoms with Gasteiger partial charge in [-0.25, -0.2) is 0 Å². The minimum absolute atomic E-state index is 0.00982. The maximum atomic E-state index is 12.7. The molecule has 1 N–H and O–H groups in total. The number of Topliss-reactive ketones (excluding diaryl/α,β-unsaturated/α-hetero) is 2. The lowest BCUT2D eigenvalue weighted by atomic mass is 9.82. The van der Waals surface area contributed by atoms with Crippen LogP contribution in [0.25, 0.3) is 10.9 Å². The first-order chi connectivity index (χ1) is 9.16. The number of nitrogens with one attached hydrogen (secondary N) is 1. The fraction of sp³-hybridized carbons (Fsp3) is 0.375. The number of para-hydroxylation sites is 1.